The van der Waals surface area contributed by atoms with Crippen LogP contribution in [0.25, 0.3) is 0 Å². The van der Waals surface area contributed by atoms with Gasteiger partial charge in [0.1, 0.15) is 11.4 Å². The lowest BCUT2D eigenvalue weighted by Gasteiger charge is -2.03. The van der Waals surface area contributed by atoms with Crippen molar-refractivity contribution in [2.24, 2.45) is 14.1 Å². The summed E-state index contributed by atoms with van der Waals surface area (Å²) in [5.41, 5.74) is 1.38. The standard InChI is InChI=1S/C19H25N5O6S/c1-5-7-20-18(26)15-10-14(12-23(15)2)22-19(27)16-9-13(11-24(16)3)21-17(25)6-8-31(28,29)30-4/h5,9-12H,1,6-8H2,2-4H3,(H,20,26)(H,21,25)(H,22,27). The normalized spacial score (nSPS) is 11.1. The van der Waals surface area contributed by atoms with E-state index in [-0.39, 0.29) is 18.0 Å². The van der Waals surface area contributed by atoms with Gasteiger partial charge in [0.25, 0.3) is 21.9 Å². The predicted molar refractivity (Wildman–Crippen MR) is 115 cm³/mol. The number of amides is 3. The highest BCUT2D eigenvalue weighted by molar-refractivity contribution is 7.86. The SMILES string of the molecule is C=CCNC(=O)c1cc(NC(=O)c2cc(NC(=O)CCS(=O)(=O)OC)cn2C)cn1C. The zero-order chi connectivity index (χ0) is 23.2. The average molecular weight is 452 g/mol. The van der Waals surface area contributed by atoms with Gasteiger partial charge in [0, 0.05) is 39.5 Å². The molecule has 0 atom stereocenters. The third-order valence-corrected chi connectivity index (χ3v) is 5.47. The van der Waals surface area contributed by atoms with Crippen molar-refractivity contribution in [1.29, 1.82) is 0 Å². The summed E-state index contributed by atoms with van der Waals surface area (Å²) in [5, 5.41) is 7.90. The van der Waals surface area contributed by atoms with Gasteiger partial charge in [-0.2, -0.15) is 8.42 Å². The minimum absolute atomic E-state index is 0.251. The molecule has 0 radical (unpaired) electrons. The van der Waals surface area contributed by atoms with Gasteiger partial charge in [-0.1, -0.05) is 6.08 Å². The number of rotatable bonds is 10. The van der Waals surface area contributed by atoms with Gasteiger partial charge in [-0.3, -0.25) is 18.6 Å². The first-order valence-electron chi connectivity index (χ1n) is 9.17. The Labute approximate surface area is 180 Å². The van der Waals surface area contributed by atoms with Gasteiger partial charge in [-0.25, -0.2) is 0 Å². The molecule has 31 heavy (non-hydrogen) atoms. The van der Waals surface area contributed by atoms with Gasteiger partial charge in [0.2, 0.25) is 5.91 Å². The van der Waals surface area contributed by atoms with Gasteiger partial charge >= 0.3 is 0 Å². The Bertz CT molecular complexity index is 1100. The van der Waals surface area contributed by atoms with E-state index >= 15 is 0 Å². The molecule has 11 nitrogen and oxygen atoms in total. The molecule has 0 saturated heterocycles. The molecule has 0 bridgehead atoms. The number of nitrogens with one attached hydrogen (secondary N) is 3. The molecule has 3 amide bonds. The fraction of sp³-hybridized carbons (Fsp3) is 0.316. The topological polar surface area (TPSA) is 141 Å². The van der Waals surface area contributed by atoms with E-state index in [4.69, 9.17) is 0 Å². The van der Waals surface area contributed by atoms with Crippen LogP contribution in [0.2, 0.25) is 0 Å². The minimum atomic E-state index is -3.74. The predicted octanol–water partition coefficient (Wildman–Crippen LogP) is 0.837. The molecule has 0 fully saturated rings. The third-order valence-electron chi connectivity index (χ3n) is 4.26. The Morgan fingerprint density at radius 3 is 2.13 bits per heavy atom. The lowest BCUT2D eigenvalue weighted by Crippen LogP contribution is -2.25. The van der Waals surface area contributed by atoms with Crippen LogP contribution in [-0.4, -0.2) is 54.7 Å². The van der Waals surface area contributed by atoms with Gasteiger partial charge in [0.15, 0.2) is 0 Å². The second-order valence-corrected chi connectivity index (χ2v) is 8.49. The first-order valence-corrected chi connectivity index (χ1v) is 10.8. The summed E-state index contributed by atoms with van der Waals surface area (Å²) in [5.74, 6) is -1.74. The molecule has 168 valence electrons. The highest BCUT2D eigenvalue weighted by Gasteiger charge is 2.17. The molecule has 0 aliphatic carbocycles. The maximum Gasteiger partial charge on any atom is 0.272 e. The van der Waals surface area contributed by atoms with E-state index in [0.717, 1.165) is 7.11 Å². The molecule has 0 aromatic carbocycles. The number of aromatic nitrogens is 2. The van der Waals surface area contributed by atoms with E-state index < -0.39 is 27.7 Å². The van der Waals surface area contributed by atoms with Crippen LogP contribution in [0.15, 0.2) is 37.2 Å². The van der Waals surface area contributed by atoms with E-state index in [1.807, 2.05) is 0 Å². The fourth-order valence-electron chi connectivity index (χ4n) is 2.69. The Kier molecular flexibility index (Phi) is 7.78. The van der Waals surface area contributed by atoms with E-state index in [0.29, 0.717) is 23.6 Å². The summed E-state index contributed by atoms with van der Waals surface area (Å²) >= 11 is 0. The lowest BCUT2D eigenvalue weighted by atomic mass is 10.3. The molecule has 2 rings (SSSR count). The smallest absolute Gasteiger partial charge is 0.272 e. The zero-order valence-corrected chi connectivity index (χ0v) is 18.3. The van der Waals surface area contributed by atoms with Crippen LogP contribution in [0.4, 0.5) is 11.4 Å². The molecule has 2 aromatic heterocycles. The molecule has 0 unspecified atom stereocenters. The second-order valence-electron chi connectivity index (χ2n) is 6.63. The van der Waals surface area contributed by atoms with Gasteiger partial charge < -0.3 is 25.1 Å². The molecule has 2 heterocycles. The number of aryl methyl sites for hydroxylation is 2. The molecule has 2 aromatic rings. The van der Waals surface area contributed by atoms with E-state index in [1.165, 1.54) is 22.9 Å². The molecule has 3 N–H and O–H groups in total. The number of carbonyl (C=O) groups excluding carboxylic acids is 3. The monoisotopic (exact) mass is 451 g/mol. The van der Waals surface area contributed by atoms with Crippen molar-refractivity contribution in [2.75, 3.05) is 30.0 Å². The summed E-state index contributed by atoms with van der Waals surface area (Å²) in [4.78, 5) is 36.7. The molecule has 0 saturated carbocycles. The summed E-state index contributed by atoms with van der Waals surface area (Å²) < 4.78 is 30.0. The second kappa shape index (κ2) is 10.1. The Balaban J connectivity index is 2.04. The van der Waals surface area contributed by atoms with Crippen molar-refractivity contribution in [2.45, 2.75) is 6.42 Å². The first-order chi connectivity index (χ1) is 14.6. The lowest BCUT2D eigenvalue weighted by molar-refractivity contribution is -0.115. The molecule has 0 aliphatic rings. The van der Waals surface area contributed by atoms with E-state index in [1.54, 1.807) is 30.9 Å². The number of hydrogen-bond acceptors (Lipinski definition) is 6. The molecule has 0 spiro atoms. The number of carbonyl (C=O) groups is 3. The van der Waals surface area contributed by atoms with Crippen LogP contribution >= 0.6 is 0 Å². The Morgan fingerprint density at radius 1 is 1.03 bits per heavy atom. The highest BCUT2D eigenvalue weighted by Crippen LogP contribution is 2.17. The molecular weight excluding hydrogens is 426 g/mol. The number of anilines is 2. The fourth-order valence-corrected chi connectivity index (χ4v) is 3.29. The van der Waals surface area contributed by atoms with E-state index in [2.05, 4.69) is 26.7 Å². The minimum Gasteiger partial charge on any atom is -0.347 e. The summed E-state index contributed by atoms with van der Waals surface area (Å²) in [6.07, 6.45) is 4.40. The van der Waals surface area contributed by atoms with Crippen molar-refractivity contribution in [1.82, 2.24) is 14.5 Å². The maximum atomic E-state index is 12.6. The van der Waals surface area contributed by atoms with Gasteiger partial charge in [0.05, 0.1) is 24.2 Å². The van der Waals surface area contributed by atoms with Crippen molar-refractivity contribution < 1.29 is 27.0 Å². The van der Waals surface area contributed by atoms with Crippen LogP contribution in [0.1, 0.15) is 27.4 Å². The third kappa shape index (κ3) is 6.55. The van der Waals surface area contributed by atoms with Gasteiger partial charge in [-0.05, 0) is 12.1 Å². The van der Waals surface area contributed by atoms with Crippen LogP contribution < -0.4 is 16.0 Å². The van der Waals surface area contributed by atoms with Crippen LogP contribution in [0.5, 0.6) is 0 Å². The molecular formula is C19H25N5O6S. The van der Waals surface area contributed by atoms with Crippen molar-refractivity contribution >= 4 is 39.2 Å². The summed E-state index contributed by atoms with van der Waals surface area (Å²) in [6.45, 7) is 3.86. The largest absolute Gasteiger partial charge is 0.347 e. The Morgan fingerprint density at radius 2 is 1.58 bits per heavy atom. The number of nitrogens with zero attached hydrogens (tertiary/aromatic N) is 2. The van der Waals surface area contributed by atoms with Crippen molar-refractivity contribution in [3.63, 3.8) is 0 Å². The summed E-state index contributed by atoms with van der Waals surface area (Å²) in [7, 11) is 0.593. The van der Waals surface area contributed by atoms with E-state index in [9.17, 15) is 22.8 Å². The van der Waals surface area contributed by atoms with Crippen LogP contribution in [0.3, 0.4) is 0 Å². The highest BCUT2D eigenvalue weighted by atomic mass is 32.2. The molecule has 0 aliphatic heterocycles. The van der Waals surface area contributed by atoms with Crippen molar-refractivity contribution in [3.8, 4) is 0 Å². The van der Waals surface area contributed by atoms with Crippen molar-refractivity contribution in [3.05, 3.63) is 48.6 Å². The maximum absolute atomic E-state index is 12.6. The quantitative estimate of drug-likeness (QED) is 0.361. The van der Waals surface area contributed by atoms with Crippen LogP contribution in [-0.2, 0) is 33.2 Å². The molecule has 12 heteroatoms. The first kappa shape index (κ1) is 23.9. The Hall–Kier alpha value is -3.38. The number of hydrogen-bond donors (Lipinski definition) is 3. The summed E-state index contributed by atoms with van der Waals surface area (Å²) in [6, 6.07) is 3.00. The average Bonchev–Trinajstić information content (AvgIpc) is 3.26. The van der Waals surface area contributed by atoms with Gasteiger partial charge in [-0.15, -0.1) is 6.58 Å². The van der Waals surface area contributed by atoms with Crippen LogP contribution in [0, 0.1) is 0 Å². The zero-order valence-electron chi connectivity index (χ0n) is 17.5.